The number of carbonyl (C=O) groups is 1. The molecule has 0 unspecified atom stereocenters. The molecule has 2 aromatic carbocycles. The van der Waals surface area contributed by atoms with Gasteiger partial charge in [-0.05, 0) is 74.4 Å². The minimum atomic E-state index is -3.90. The summed E-state index contributed by atoms with van der Waals surface area (Å²) in [6.45, 7) is 3.15. The van der Waals surface area contributed by atoms with Crippen LogP contribution in [0.25, 0.3) is 10.9 Å². The zero-order chi connectivity index (χ0) is 30.6. The van der Waals surface area contributed by atoms with Crippen molar-refractivity contribution in [2.45, 2.75) is 62.3 Å². The topological polar surface area (TPSA) is 107 Å². The van der Waals surface area contributed by atoms with Crippen molar-refractivity contribution in [2.75, 3.05) is 47.9 Å². The zero-order valence-corrected chi connectivity index (χ0v) is 25.4. The summed E-state index contributed by atoms with van der Waals surface area (Å²) in [4.78, 5) is 17.9. The lowest BCUT2D eigenvalue weighted by Crippen LogP contribution is -2.39. The highest BCUT2D eigenvalue weighted by atomic mass is 32.2. The minimum absolute atomic E-state index is 0.0578. The van der Waals surface area contributed by atoms with Crippen molar-refractivity contribution >= 4 is 43.9 Å². The Kier molecular flexibility index (Phi) is 7.67. The van der Waals surface area contributed by atoms with E-state index < -0.39 is 22.0 Å². The second-order valence-corrected chi connectivity index (χ2v) is 14.2. The second-order valence-electron chi connectivity index (χ2n) is 12.5. The van der Waals surface area contributed by atoms with E-state index in [1.807, 2.05) is 28.8 Å². The standard InChI is InChI=1S/C31H39F2N5O4S/c1-21(20-39)35-43(41,42)24-3-4-25(26(19-24)37-13-8-30(6-7-30)9-14-37)34-29(40)23-17-22-5-12-36(2)28(22)27(18-23)38-15-10-31(32,33)11-16-38/h3-5,12,17-19,21,35,39H,6-11,13-16,20H2,1-2H3,(H,34,40)/t21-/m0/s1. The summed E-state index contributed by atoms with van der Waals surface area (Å²) in [5.74, 6) is -3.05. The number of fused-ring (bicyclic) bond motifs is 1. The van der Waals surface area contributed by atoms with Crippen LogP contribution >= 0.6 is 0 Å². The SMILES string of the molecule is C[C@@H](CO)NS(=O)(=O)c1ccc(NC(=O)c2cc(N3CCC(F)(F)CC3)c3c(ccn3C)c2)c(N2CCC3(CC2)CC3)c1. The van der Waals surface area contributed by atoms with Gasteiger partial charge in [0.25, 0.3) is 11.8 Å². The number of aliphatic hydroxyl groups is 1. The lowest BCUT2D eigenvalue weighted by Gasteiger charge is -2.35. The minimum Gasteiger partial charge on any atom is -0.395 e. The number of hydrogen-bond acceptors (Lipinski definition) is 6. The molecule has 1 aliphatic carbocycles. The fraction of sp³-hybridized carbons (Fsp3) is 0.516. The predicted octanol–water partition coefficient (Wildman–Crippen LogP) is 4.71. The quantitative estimate of drug-likeness (QED) is 0.339. The Bertz CT molecular complexity index is 1630. The highest BCUT2D eigenvalue weighted by Crippen LogP contribution is 2.54. The Morgan fingerprint density at radius 1 is 0.953 bits per heavy atom. The van der Waals surface area contributed by atoms with Gasteiger partial charge in [0.05, 0.1) is 34.1 Å². The fourth-order valence-corrected chi connectivity index (χ4v) is 7.63. The van der Waals surface area contributed by atoms with E-state index in [9.17, 15) is 27.1 Å². The number of nitrogens with one attached hydrogen (secondary N) is 2. The van der Waals surface area contributed by atoms with Gasteiger partial charge in [0.15, 0.2) is 0 Å². The van der Waals surface area contributed by atoms with Gasteiger partial charge in [-0.3, -0.25) is 4.79 Å². The van der Waals surface area contributed by atoms with Crippen LogP contribution in [0.2, 0.25) is 0 Å². The molecule has 9 nitrogen and oxygen atoms in total. The number of anilines is 3. The van der Waals surface area contributed by atoms with Crippen molar-refractivity contribution in [3.05, 3.63) is 48.2 Å². The molecule has 2 saturated heterocycles. The van der Waals surface area contributed by atoms with E-state index in [0.29, 0.717) is 22.4 Å². The monoisotopic (exact) mass is 615 g/mol. The van der Waals surface area contributed by atoms with Gasteiger partial charge in [-0.1, -0.05) is 0 Å². The van der Waals surface area contributed by atoms with Crippen LogP contribution in [0, 0.1) is 5.41 Å². The normalized spacial score (nSPS) is 20.4. The Hall–Kier alpha value is -3.22. The third-order valence-electron chi connectivity index (χ3n) is 9.33. The molecule has 12 heteroatoms. The molecule has 1 atom stereocenters. The summed E-state index contributed by atoms with van der Waals surface area (Å²) in [6, 6.07) is 9.47. The molecule has 3 aromatic rings. The molecular formula is C31H39F2N5O4S. The van der Waals surface area contributed by atoms with Gasteiger partial charge >= 0.3 is 0 Å². The maximum atomic E-state index is 13.9. The number of aryl methyl sites for hydroxylation is 1. The summed E-state index contributed by atoms with van der Waals surface area (Å²) in [6.07, 6.45) is 5.89. The van der Waals surface area contributed by atoms with E-state index in [1.54, 1.807) is 31.2 Å². The Labute approximate surface area is 250 Å². The van der Waals surface area contributed by atoms with Crippen molar-refractivity contribution in [1.29, 1.82) is 0 Å². The molecule has 3 fully saturated rings. The molecule has 0 bridgehead atoms. The maximum Gasteiger partial charge on any atom is 0.255 e. The van der Waals surface area contributed by atoms with Crippen molar-refractivity contribution in [2.24, 2.45) is 12.5 Å². The number of aliphatic hydroxyl groups excluding tert-OH is 1. The molecule has 1 amide bonds. The highest BCUT2D eigenvalue weighted by Gasteiger charge is 2.44. The first-order chi connectivity index (χ1) is 20.4. The third kappa shape index (κ3) is 6.09. The molecule has 0 radical (unpaired) electrons. The van der Waals surface area contributed by atoms with Crippen molar-refractivity contribution in [3.63, 3.8) is 0 Å². The van der Waals surface area contributed by atoms with Gasteiger partial charge in [0, 0.05) is 69.3 Å². The molecule has 232 valence electrons. The number of piperidine rings is 2. The van der Waals surface area contributed by atoms with Crippen LogP contribution in [0.1, 0.15) is 55.8 Å². The number of alkyl halides is 2. The summed E-state index contributed by atoms with van der Waals surface area (Å²) in [7, 11) is -2.00. The van der Waals surface area contributed by atoms with E-state index in [2.05, 4.69) is 14.9 Å². The number of halogens is 2. The smallest absolute Gasteiger partial charge is 0.255 e. The Morgan fingerprint density at radius 3 is 2.26 bits per heavy atom. The van der Waals surface area contributed by atoms with E-state index >= 15 is 0 Å². The van der Waals surface area contributed by atoms with Gasteiger partial charge < -0.3 is 24.8 Å². The molecule has 1 spiro atoms. The van der Waals surface area contributed by atoms with E-state index in [4.69, 9.17) is 0 Å². The summed E-state index contributed by atoms with van der Waals surface area (Å²) in [5, 5.41) is 13.2. The van der Waals surface area contributed by atoms with Crippen molar-refractivity contribution in [1.82, 2.24) is 9.29 Å². The molecular weight excluding hydrogens is 576 g/mol. The first-order valence-corrected chi connectivity index (χ1v) is 16.4. The number of amides is 1. The van der Waals surface area contributed by atoms with Crippen LogP contribution in [0.4, 0.5) is 25.8 Å². The number of rotatable bonds is 8. The zero-order valence-electron chi connectivity index (χ0n) is 24.6. The van der Waals surface area contributed by atoms with Crippen LogP contribution in [0.15, 0.2) is 47.5 Å². The summed E-state index contributed by atoms with van der Waals surface area (Å²) < 4.78 is 58.5. The number of nitrogens with zero attached hydrogens (tertiary/aromatic N) is 3. The van der Waals surface area contributed by atoms with Gasteiger partial charge in [-0.15, -0.1) is 0 Å². The number of carbonyl (C=O) groups excluding carboxylic acids is 1. The Balaban J connectivity index is 1.32. The van der Waals surface area contributed by atoms with Gasteiger partial charge in [-0.2, -0.15) is 0 Å². The lowest BCUT2D eigenvalue weighted by molar-refractivity contribution is -0.0220. The first-order valence-electron chi connectivity index (χ1n) is 14.9. The van der Waals surface area contributed by atoms with Gasteiger partial charge in [0.1, 0.15) is 0 Å². The summed E-state index contributed by atoms with van der Waals surface area (Å²) in [5.41, 5.74) is 3.54. The number of sulfonamides is 1. The van der Waals surface area contributed by atoms with Crippen LogP contribution in [0.5, 0.6) is 0 Å². The molecule has 3 N–H and O–H groups in total. The van der Waals surface area contributed by atoms with Gasteiger partial charge in [-0.25, -0.2) is 21.9 Å². The summed E-state index contributed by atoms with van der Waals surface area (Å²) >= 11 is 0. The van der Waals surface area contributed by atoms with Crippen LogP contribution in [-0.2, 0) is 17.1 Å². The highest BCUT2D eigenvalue weighted by molar-refractivity contribution is 7.89. The van der Waals surface area contributed by atoms with Crippen LogP contribution in [0.3, 0.4) is 0 Å². The molecule has 1 aromatic heterocycles. The van der Waals surface area contributed by atoms with E-state index in [0.717, 1.165) is 42.5 Å². The molecule has 43 heavy (non-hydrogen) atoms. The van der Waals surface area contributed by atoms with Crippen LogP contribution < -0.4 is 19.8 Å². The van der Waals surface area contributed by atoms with Crippen LogP contribution in [-0.4, -0.2) is 68.7 Å². The number of benzene rings is 2. The molecule has 6 rings (SSSR count). The van der Waals surface area contributed by atoms with E-state index in [1.165, 1.54) is 18.9 Å². The lowest BCUT2D eigenvalue weighted by atomic mass is 9.93. The largest absolute Gasteiger partial charge is 0.395 e. The fourth-order valence-electron chi connectivity index (χ4n) is 6.38. The maximum absolute atomic E-state index is 13.9. The first kappa shape index (κ1) is 29.8. The molecule has 3 aliphatic rings. The molecule has 3 heterocycles. The average Bonchev–Trinajstić information content (AvgIpc) is 3.63. The second kappa shape index (κ2) is 11.0. The number of hydrogen-bond donors (Lipinski definition) is 3. The predicted molar refractivity (Wildman–Crippen MR) is 164 cm³/mol. The average molecular weight is 616 g/mol. The van der Waals surface area contributed by atoms with Crippen molar-refractivity contribution < 1.29 is 27.1 Å². The number of aromatic nitrogens is 1. The third-order valence-corrected chi connectivity index (χ3v) is 10.9. The van der Waals surface area contributed by atoms with Gasteiger partial charge in [0.2, 0.25) is 10.0 Å². The molecule has 2 aliphatic heterocycles. The molecule has 1 saturated carbocycles. The van der Waals surface area contributed by atoms with Crippen molar-refractivity contribution in [3.8, 4) is 0 Å². The van der Waals surface area contributed by atoms with E-state index in [-0.39, 0.29) is 43.3 Å². The Morgan fingerprint density at radius 2 is 1.60 bits per heavy atom.